The van der Waals surface area contributed by atoms with Gasteiger partial charge in [-0.25, -0.2) is 0 Å². The molecule has 1 saturated heterocycles. The number of fused-ring (bicyclic) bond motifs is 1. The molecule has 1 fully saturated rings. The van der Waals surface area contributed by atoms with Gasteiger partial charge in [0.1, 0.15) is 0 Å². The van der Waals surface area contributed by atoms with Crippen LogP contribution in [0.15, 0.2) is 65.7 Å². The number of benzene rings is 2. The summed E-state index contributed by atoms with van der Waals surface area (Å²) in [6.45, 7) is 1.69. The molecule has 0 saturated carbocycles. The fourth-order valence-corrected chi connectivity index (χ4v) is 4.73. The van der Waals surface area contributed by atoms with E-state index in [0.717, 1.165) is 33.4 Å². The van der Waals surface area contributed by atoms with Crippen LogP contribution in [0.2, 0.25) is 0 Å². The molecule has 0 radical (unpaired) electrons. The van der Waals surface area contributed by atoms with Crippen molar-refractivity contribution < 1.29 is 19.2 Å². The van der Waals surface area contributed by atoms with Crippen molar-refractivity contribution in [3.63, 3.8) is 0 Å². The SMILES string of the molecule is CC(=O)N1C=Cc2ccccc2C1CC(=O)NCCN1C(=O)S/C(=C\c2ccccc2)C1=O. The van der Waals surface area contributed by atoms with Gasteiger partial charge in [0.25, 0.3) is 11.1 Å². The highest BCUT2D eigenvalue weighted by Gasteiger charge is 2.35. The zero-order valence-electron chi connectivity index (χ0n) is 18.1. The third-order valence-electron chi connectivity index (χ3n) is 5.48. The molecule has 0 spiro atoms. The minimum absolute atomic E-state index is 0.0801. The van der Waals surface area contributed by atoms with E-state index in [2.05, 4.69) is 5.32 Å². The van der Waals surface area contributed by atoms with Crippen molar-refractivity contribution in [2.75, 3.05) is 13.1 Å². The Balaban J connectivity index is 1.35. The Morgan fingerprint density at radius 2 is 1.79 bits per heavy atom. The highest BCUT2D eigenvalue weighted by Crippen LogP contribution is 2.33. The van der Waals surface area contributed by atoms with Gasteiger partial charge in [0, 0.05) is 26.2 Å². The number of imide groups is 1. The van der Waals surface area contributed by atoms with Crippen LogP contribution in [0.5, 0.6) is 0 Å². The Kier molecular flexibility index (Phi) is 6.74. The van der Waals surface area contributed by atoms with Gasteiger partial charge in [0.05, 0.1) is 17.4 Å². The minimum Gasteiger partial charge on any atom is -0.354 e. The molecule has 33 heavy (non-hydrogen) atoms. The van der Waals surface area contributed by atoms with Crippen LogP contribution in [-0.2, 0) is 14.4 Å². The molecule has 0 aliphatic carbocycles. The van der Waals surface area contributed by atoms with E-state index in [1.807, 2.05) is 60.7 Å². The third-order valence-corrected chi connectivity index (χ3v) is 6.38. The molecule has 8 heteroatoms. The number of thioether (sulfide) groups is 1. The molecule has 2 aliphatic rings. The largest absolute Gasteiger partial charge is 0.354 e. The number of nitrogens with one attached hydrogen (secondary N) is 1. The first-order chi connectivity index (χ1) is 15.9. The molecule has 1 atom stereocenters. The number of amides is 4. The first kappa shape index (κ1) is 22.5. The number of carbonyl (C=O) groups is 4. The van der Waals surface area contributed by atoms with Gasteiger partial charge in [-0.3, -0.25) is 24.1 Å². The predicted molar refractivity (Wildman–Crippen MR) is 127 cm³/mol. The Hall–Kier alpha value is -3.65. The molecular formula is C25H23N3O4S. The molecule has 4 amide bonds. The van der Waals surface area contributed by atoms with Crippen molar-refractivity contribution in [1.29, 1.82) is 0 Å². The summed E-state index contributed by atoms with van der Waals surface area (Å²) in [6.07, 6.45) is 5.32. The van der Waals surface area contributed by atoms with Crippen LogP contribution in [-0.4, -0.2) is 45.9 Å². The van der Waals surface area contributed by atoms with Gasteiger partial charge in [-0.2, -0.15) is 0 Å². The van der Waals surface area contributed by atoms with E-state index in [1.165, 1.54) is 6.92 Å². The van der Waals surface area contributed by atoms with Crippen molar-refractivity contribution >= 4 is 46.9 Å². The molecular weight excluding hydrogens is 438 g/mol. The summed E-state index contributed by atoms with van der Waals surface area (Å²) in [5.74, 6) is -0.776. The summed E-state index contributed by atoms with van der Waals surface area (Å²) in [4.78, 5) is 52.7. The lowest BCUT2D eigenvalue weighted by Crippen LogP contribution is -2.39. The number of hydrogen-bond acceptors (Lipinski definition) is 5. The fourth-order valence-electron chi connectivity index (χ4n) is 3.86. The molecule has 4 rings (SSSR count). The molecule has 1 unspecified atom stereocenters. The predicted octanol–water partition coefficient (Wildman–Crippen LogP) is 3.80. The van der Waals surface area contributed by atoms with Crippen molar-refractivity contribution in [2.24, 2.45) is 0 Å². The topological polar surface area (TPSA) is 86.8 Å². The van der Waals surface area contributed by atoms with Crippen LogP contribution in [0.4, 0.5) is 4.79 Å². The summed E-state index contributed by atoms with van der Waals surface area (Å²) in [5.41, 5.74) is 2.71. The fraction of sp³-hybridized carbons (Fsp3) is 0.200. The van der Waals surface area contributed by atoms with Crippen LogP contribution in [0.1, 0.15) is 36.1 Å². The van der Waals surface area contributed by atoms with E-state index in [4.69, 9.17) is 0 Å². The Bertz CT molecular complexity index is 1160. The highest BCUT2D eigenvalue weighted by molar-refractivity contribution is 8.18. The van der Waals surface area contributed by atoms with Crippen molar-refractivity contribution in [2.45, 2.75) is 19.4 Å². The number of carbonyl (C=O) groups excluding carboxylic acids is 4. The summed E-state index contributed by atoms with van der Waals surface area (Å²) < 4.78 is 0. The van der Waals surface area contributed by atoms with Crippen LogP contribution in [0, 0.1) is 0 Å². The van der Waals surface area contributed by atoms with Crippen molar-refractivity contribution in [3.8, 4) is 0 Å². The maximum atomic E-state index is 12.7. The van der Waals surface area contributed by atoms with Gasteiger partial charge in [0.15, 0.2) is 0 Å². The lowest BCUT2D eigenvalue weighted by atomic mass is 9.93. The maximum absolute atomic E-state index is 12.7. The van der Waals surface area contributed by atoms with Crippen LogP contribution >= 0.6 is 11.8 Å². The van der Waals surface area contributed by atoms with Crippen LogP contribution in [0.3, 0.4) is 0 Å². The van der Waals surface area contributed by atoms with Gasteiger partial charge in [-0.05, 0) is 40.6 Å². The third kappa shape index (κ3) is 5.06. The summed E-state index contributed by atoms with van der Waals surface area (Å²) in [6, 6.07) is 16.5. The normalized spacial score (nSPS) is 18.6. The van der Waals surface area contributed by atoms with Gasteiger partial charge in [-0.15, -0.1) is 0 Å². The lowest BCUT2D eigenvalue weighted by Gasteiger charge is -2.32. The zero-order chi connectivity index (χ0) is 23.4. The summed E-state index contributed by atoms with van der Waals surface area (Å²) in [7, 11) is 0. The van der Waals surface area contributed by atoms with E-state index in [1.54, 1.807) is 17.2 Å². The molecule has 2 aromatic carbocycles. The number of rotatable bonds is 6. The molecule has 2 heterocycles. The molecule has 7 nitrogen and oxygen atoms in total. The summed E-state index contributed by atoms with van der Waals surface area (Å²) >= 11 is 0.894. The Labute approximate surface area is 196 Å². The first-order valence-electron chi connectivity index (χ1n) is 10.6. The first-order valence-corrected chi connectivity index (χ1v) is 11.4. The van der Waals surface area contributed by atoms with E-state index < -0.39 is 6.04 Å². The number of hydrogen-bond donors (Lipinski definition) is 1. The Morgan fingerprint density at radius 1 is 1.06 bits per heavy atom. The van der Waals surface area contributed by atoms with Crippen LogP contribution < -0.4 is 5.32 Å². The lowest BCUT2D eigenvalue weighted by molar-refractivity contribution is -0.130. The second-order valence-electron chi connectivity index (χ2n) is 7.68. The quantitative estimate of drug-likeness (QED) is 0.662. The summed E-state index contributed by atoms with van der Waals surface area (Å²) in [5, 5.41) is 2.42. The van der Waals surface area contributed by atoms with Crippen LogP contribution in [0.25, 0.3) is 12.2 Å². The van der Waals surface area contributed by atoms with Gasteiger partial charge < -0.3 is 10.2 Å². The van der Waals surface area contributed by atoms with E-state index in [0.29, 0.717) is 4.91 Å². The molecule has 2 aromatic rings. The molecule has 168 valence electrons. The number of nitrogens with zero attached hydrogens (tertiary/aromatic N) is 2. The minimum atomic E-state index is -0.408. The van der Waals surface area contributed by atoms with E-state index in [-0.39, 0.29) is 42.5 Å². The maximum Gasteiger partial charge on any atom is 0.293 e. The van der Waals surface area contributed by atoms with Crippen molar-refractivity contribution in [1.82, 2.24) is 15.1 Å². The van der Waals surface area contributed by atoms with Gasteiger partial charge >= 0.3 is 0 Å². The van der Waals surface area contributed by atoms with E-state index in [9.17, 15) is 19.2 Å². The molecule has 1 N–H and O–H groups in total. The average molecular weight is 462 g/mol. The zero-order valence-corrected chi connectivity index (χ0v) is 18.9. The smallest absolute Gasteiger partial charge is 0.293 e. The second-order valence-corrected chi connectivity index (χ2v) is 8.68. The Morgan fingerprint density at radius 3 is 2.55 bits per heavy atom. The highest BCUT2D eigenvalue weighted by atomic mass is 32.2. The molecule has 0 aromatic heterocycles. The molecule has 2 aliphatic heterocycles. The average Bonchev–Trinajstić information content (AvgIpc) is 3.07. The van der Waals surface area contributed by atoms with Crippen molar-refractivity contribution in [3.05, 3.63) is 82.4 Å². The standard InChI is InChI=1S/C25H23N3O4S/c1-17(29)27-13-11-19-9-5-6-10-20(19)21(27)16-23(30)26-12-14-28-24(31)22(33-25(28)32)15-18-7-3-2-4-8-18/h2-11,13,15,21H,12,14,16H2,1H3,(H,26,30)/b22-15-. The van der Waals surface area contributed by atoms with Gasteiger partial charge in [0.2, 0.25) is 11.8 Å². The van der Waals surface area contributed by atoms with E-state index >= 15 is 0 Å². The van der Waals surface area contributed by atoms with Gasteiger partial charge in [-0.1, -0.05) is 54.6 Å². The monoisotopic (exact) mass is 461 g/mol. The molecule has 0 bridgehead atoms. The second kappa shape index (κ2) is 9.87.